The molecule has 0 bridgehead atoms. The van der Waals surface area contributed by atoms with Crippen molar-refractivity contribution in [2.45, 2.75) is 13.8 Å². The van der Waals surface area contributed by atoms with E-state index < -0.39 is 0 Å². The molecule has 0 saturated heterocycles. The van der Waals surface area contributed by atoms with Crippen LogP contribution >= 0.6 is 0 Å². The molecule has 0 aliphatic carbocycles. The molecule has 2 heterocycles. The topological polar surface area (TPSA) is 18.5 Å². The van der Waals surface area contributed by atoms with E-state index in [-0.39, 0.29) is 6.71 Å². The quantitative estimate of drug-likeness (QED) is 0.127. The van der Waals surface area contributed by atoms with Gasteiger partial charge in [-0.3, -0.25) is 0 Å². The SMILES string of the molecule is C=C/C=C\C=C(/C)c1cccc2c1Oc1c(C(/C=C\C=C)=C/C)cc(-c3ccccc3)c3c1B2c1cccc(-c2ccccc2)c1O3. The number of fused-ring (bicyclic) bond motifs is 4. The van der Waals surface area contributed by atoms with Gasteiger partial charge in [-0.05, 0) is 53.1 Å². The third-order valence-electron chi connectivity index (χ3n) is 8.90. The summed E-state index contributed by atoms with van der Waals surface area (Å²) >= 11 is 0. The third-order valence-corrected chi connectivity index (χ3v) is 8.90. The van der Waals surface area contributed by atoms with E-state index in [9.17, 15) is 0 Å². The highest BCUT2D eigenvalue weighted by Crippen LogP contribution is 2.47. The smallest absolute Gasteiger partial charge is 0.260 e. The maximum Gasteiger partial charge on any atom is 0.260 e. The molecular formula is C44H35BO2. The first-order chi connectivity index (χ1) is 23.1. The number of benzene rings is 5. The van der Waals surface area contributed by atoms with E-state index >= 15 is 0 Å². The van der Waals surface area contributed by atoms with Crippen molar-refractivity contribution in [1.29, 1.82) is 0 Å². The highest BCUT2D eigenvalue weighted by Gasteiger charge is 2.44. The largest absolute Gasteiger partial charge is 0.457 e. The zero-order valence-corrected chi connectivity index (χ0v) is 26.7. The summed E-state index contributed by atoms with van der Waals surface area (Å²) in [4.78, 5) is 0. The van der Waals surface area contributed by atoms with Gasteiger partial charge in [0.1, 0.15) is 23.0 Å². The minimum absolute atomic E-state index is 0.114. The van der Waals surface area contributed by atoms with Gasteiger partial charge in [-0.15, -0.1) is 0 Å². The van der Waals surface area contributed by atoms with Crippen molar-refractivity contribution >= 4 is 34.2 Å². The van der Waals surface area contributed by atoms with Gasteiger partial charge in [0.05, 0.1) is 0 Å². The fourth-order valence-corrected chi connectivity index (χ4v) is 6.71. The van der Waals surface area contributed by atoms with E-state index in [0.29, 0.717) is 0 Å². The average molecular weight is 607 g/mol. The Morgan fingerprint density at radius 3 is 1.94 bits per heavy atom. The van der Waals surface area contributed by atoms with Gasteiger partial charge in [0.2, 0.25) is 0 Å². The number of hydrogen-bond acceptors (Lipinski definition) is 2. The van der Waals surface area contributed by atoms with Crippen molar-refractivity contribution < 1.29 is 9.47 Å². The summed E-state index contributed by atoms with van der Waals surface area (Å²) in [5.41, 5.74) is 11.8. The van der Waals surface area contributed by atoms with Crippen molar-refractivity contribution in [2.24, 2.45) is 0 Å². The first-order valence-corrected chi connectivity index (χ1v) is 16.0. The number of para-hydroxylation sites is 2. The number of rotatable bonds is 8. The molecule has 0 spiro atoms. The van der Waals surface area contributed by atoms with Gasteiger partial charge >= 0.3 is 0 Å². The molecule has 2 aliphatic rings. The fraction of sp³-hybridized carbons (Fsp3) is 0.0455. The molecule has 0 amide bonds. The molecule has 0 saturated carbocycles. The van der Waals surface area contributed by atoms with Gasteiger partial charge < -0.3 is 9.47 Å². The summed E-state index contributed by atoms with van der Waals surface area (Å²) in [5.74, 6) is 3.39. The molecule has 0 aromatic heterocycles. The molecule has 0 N–H and O–H groups in total. The van der Waals surface area contributed by atoms with Crippen LogP contribution in [0.1, 0.15) is 25.0 Å². The summed E-state index contributed by atoms with van der Waals surface area (Å²) in [5, 5.41) is 0. The summed E-state index contributed by atoms with van der Waals surface area (Å²) in [6.45, 7) is 11.8. The highest BCUT2D eigenvalue weighted by molar-refractivity contribution is 6.98. The summed E-state index contributed by atoms with van der Waals surface area (Å²) in [7, 11) is 0. The summed E-state index contributed by atoms with van der Waals surface area (Å²) in [6.07, 6.45) is 15.8. The molecule has 47 heavy (non-hydrogen) atoms. The van der Waals surface area contributed by atoms with Crippen LogP contribution in [-0.4, -0.2) is 6.71 Å². The maximum atomic E-state index is 7.14. The monoisotopic (exact) mass is 606 g/mol. The molecule has 2 nitrogen and oxygen atoms in total. The lowest BCUT2D eigenvalue weighted by molar-refractivity contribution is 0.464. The molecule has 2 aliphatic heterocycles. The van der Waals surface area contributed by atoms with E-state index in [1.54, 1.807) is 12.2 Å². The Labute approximate surface area is 278 Å². The average Bonchev–Trinajstić information content (AvgIpc) is 3.12. The van der Waals surface area contributed by atoms with Gasteiger partial charge in [-0.1, -0.05) is 159 Å². The van der Waals surface area contributed by atoms with E-state index in [4.69, 9.17) is 9.47 Å². The Bertz CT molecular complexity index is 2130. The number of ether oxygens (including phenoxy) is 2. The van der Waals surface area contributed by atoms with E-state index in [0.717, 1.165) is 83.9 Å². The lowest BCUT2D eigenvalue weighted by Gasteiger charge is -2.37. The number of hydrogen-bond donors (Lipinski definition) is 0. The first-order valence-electron chi connectivity index (χ1n) is 16.0. The lowest BCUT2D eigenvalue weighted by atomic mass is 9.34. The Hall–Kier alpha value is -5.80. The van der Waals surface area contributed by atoms with Crippen molar-refractivity contribution in [3.8, 4) is 45.3 Å². The standard InChI is InChI=1S/C44H35BO2/c1-5-8-12-19-30(4)34-25-17-27-38-41(34)46-43-36(31(7-3)20-9-6-2)29-37(33-23-15-11-16-24-33)44-40(43)45(38)39-28-18-26-35(42(39)47-44)32-21-13-10-14-22-32/h5-29H,1-2H2,3-4H3/b12-8-,20-9-,30-19+,31-7+. The van der Waals surface area contributed by atoms with Crippen LogP contribution in [0.25, 0.3) is 33.4 Å². The van der Waals surface area contributed by atoms with E-state index in [2.05, 4.69) is 136 Å². The molecule has 5 aromatic rings. The zero-order valence-electron chi connectivity index (χ0n) is 26.7. The van der Waals surface area contributed by atoms with E-state index in [1.165, 1.54) is 0 Å². The summed E-state index contributed by atoms with van der Waals surface area (Å²) < 4.78 is 14.3. The van der Waals surface area contributed by atoms with Gasteiger partial charge in [-0.25, -0.2) is 0 Å². The Morgan fingerprint density at radius 1 is 0.617 bits per heavy atom. The van der Waals surface area contributed by atoms with Crippen LogP contribution < -0.4 is 25.9 Å². The zero-order chi connectivity index (χ0) is 32.3. The lowest BCUT2D eigenvalue weighted by Crippen LogP contribution is -2.58. The molecular weight excluding hydrogens is 571 g/mol. The molecule has 7 rings (SSSR count). The van der Waals surface area contributed by atoms with Crippen molar-refractivity contribution in [2.75, 3.05) is 0 Å². The Balaban J connectivity index is 1.59. The highest BCUT2D eigenvalue weighted by atomic mass is 16.5. The van der Waals surface area contributed by atoms with Crippen LogP contribution in [0.4, 0.5) is 0 Å². The molecule has 0 atom stereocenters. The second-order valence-corrected chi connectivity index (χ2v) is 11.7. The predicted octanol–water partition coefficient (Wildman–Crippen LogP) is 10.0. The van der Waals surface area contributed by atoms with Crippen molar-refractivity contribution in [3.05, 3.63) is 176 Å². The third kappa shape index (κ3) is 5.30. The second kappa shape index (κ2) is 12.9. The molecule has 0 fully saturated rings. The number of allylic oxidation sites excluding steroid dienone is 10. The van der Waals surface area contributed by atoms with Gasteiger partial charge in [0.25, 0.3) is 6.71 Å². The van der Waals surface area contributed by atoms with Crippen LogP contribution in [0.15, 0.2) is 165 Å². The second-order valence-electron chi connectivity index (χ2n) is 11.7. The van der Waals surface area contributed by atoms with Crippen LogP contribution in [0, 0.1) is 0 Å². The Morgan fingerprint density at radius 2 is 1.26 bits per heavy atom. The Kier molecular flexibility index (Phi) is 8.21. The minimum atomic E-state index is -0.114. The van der Waals surface area contributed by atoms with Gasteiger partial charge in [0.15, 0.2) is 0 Å². The first kappa shape index (κ1) is 29.9. The fourth-order valence-electron chi connectivity index (χ4n) is 6.71. The van der Waals surface area contributed by atoms with Crippen LogP contribution in [0.2, 0.25) is 0 Å². The maximum absolute atomic E-state index is 7.14. The minimum Gasteiger partial charge on any atom is -0.457 e. The van der Waals surface area contributed by atoms with Gasteiger partial charge in [0, 0.05) is 27.7 Å². The molecule has 5 aromatic carbocycles. The molecule has 0 radical (unpaired) electrons. The van der Waals surface area contributed by atoms with Crippen LogP contribution in [0.5, 0.6) is 23.0 Å². The summed E-state index contributed by atoms with van der Waals surface area (Å²) in [6, 6.07) is 36.2. The van der Waals surface area contributed by atoms with Crippen molar-refractivity contribution in [1.82, 2.24) is 0 Å². The van der Waals surface area contributed by atoms with Crippen LogP contribution in [-0.2, 0) is 0 Å². The molecule has 226 valence electrons. The van der Waals surface area contributed by atoms with Crippen LogP contribution in [0.3, 0.4) is 0 Å². The van der Waals surface area contributed by atoms with Gasteiger partial charge in [-0.2, -0.15) is 0 Å². The van der Waals surface area contributed by atoms with Crippen molar-refractivity contribution in [3.63, 3.8) is 0 Å². The normalized spacial score (nSPS) is 13.4. The molecule has 0 unspecified atom stereocenters. The van der Waals surface area contributed by atoms with E-state index in [1.807, 2.05) is 30.4 Å². The molecule has 3 heteroatoms. The predicted molar refractivity (Wildman–Crippen MR) is 201 cm³/mol.